The van der Waals surface area contributed by atoms with Gasteiger partial charge in [0.05, 0.1) is 20.6 Å². The summed E-state index contributed by atoms with van der Waals surface area (Å²) in [6.45, 7) is 1.88. The Hall–Kier alpha value is -2.54. The van der Waals surface area contributed by atoms with Gasteiger partial charge in [-0.25, -0.2) is 0 Å². The maximum Gasteiger partial charge on any atom is 0.0645 e. The van der Waals surface area contributed by atoms with Crippen molar-refractivity contribution in [2.45, 2.75) is 6.92 Å². The molecule has 0 N–H and O–H groups in total. The molecule has 0 aliphatic heterocycles. The maximum atomic E-state index is 8.43. The molecule has 0 aliphatic carbocycles. The Kier molecular flexibility index (Phi) is 1.33. The number of aromatic nitrogens is 1. The highest BCUT2D eigenvalue weighted by Gasteiger charge is 2.11. The molecule has 0 unspecified atom stereocenters. The predicted octanol–water partition coefficient (Wildman–Crippen LogP) is 5.09. The first-order valence-electron chi connectivity index (χ1n) is 9.83. The van der Waals surface area contributed by atoms with Crippen molar-refractivity contribution in [1.29, 1.82) is 0 Å². The zero-order valence-corrected chi connectivity index (χ0v) is 10.8. The molecule has 0 fully saturated rings. The lowest BCUT2D eigenvalue weighted by Gasteiger charge is -2.10. The van der Waals surface area contributed by atoms with E-state index in [1.54, 1.807) is 4.57 Å². The predicted molar refractivity (Wildman–Crippen MR) is 85.5 cm³/mol. The lowest BCUT2D eigenvalue weighted by atomic mass is 10.2. The summed E-state index contributed by atoms with van der Waals surface area (Å²) in [5.74, 6) is 0. The van der Waals surface area contributed by atoms with E-state index in [0.717, 1.165) is 5.56 Å². The molecule has 96 valence electrons. The monoisotopic (exact) mass is 264 g/mol. The summed E-state index contributed by atoms with van der Waals surface area (Å²) in [6, 6.07) is 7.10. The fraction of sp³-hybridized carbons (Fsp3) is 0.0526. The molecule has 0 saturated carbocycles. The molecule has 4 aromatic rings. The molecule has 0 saturated heterocycles. The number of hydrogen-bond acceptors (Lipinski definition) is 0. The second-order valence-electron chi connectivity index (χ2n) is 4.63. The first-order valence-corrected chi connectivity index (χ1v) is 6.33. The van der Waals surface area contributed by atoms with Gasteiger partial charge in [-0.05, 0) is 30.6 Å². The third-order valence-electron chi connectivity index (χ3n) is 3.44. The van der Waals surface area contributed by atoms with E-state index < -0.39 is 6.04 Å². The maximum absolute atomic E-state index is 8.43. The van der Waals surface area contributed by atoms with E-state index in [2.05, 4.69) is 0 Å². The van der Waals surface area contributed by atoms with Gasteiger partial charge in [0.25, 0.3) is 0 Å². The summed E-state index contributed by atoms with van der Waals surface area (Å²) in [4.78, 5) is 0. The van der Waals surface area contributed by atoms with Gasteiger partial charge in [-0.2, -0.15) is 0 Å². The van der Waals surface area contributed by atoms with Gasteiger partial charge in [-0.15, -0.1) is 0 Å². The second-order valence-corrected chi connectivity index (χ2v) is 4.63. The van der Waals surface area contributed by atoms with E-state index >= 15 is 0 Å². The van der Waals surface area contributed by atoms with Gasteiger partial charge in [-0.3, -0.25) is 0 Å². The third-order valence-corrected chi connectivity index (χ3v) is 3.44. The zero-order chi connectivity index (χ0) is 19.6. The van der Waals surface area contributed by atoms with Crippen LogP contribution >= 0.6 is 0 Å². The van der Waals surface area contributed by atoms with Crippen LogP contribution in [-0.2, 0) is 0 Å². The molecule has 20 heavy (non-hydrogen) atoms. The largest absolute Gasteiger partial charge is 0.309 e. The minimum atomic E-state index is -0.391. The minimum Gasteiger partial charge on any atom is -0.309 e. The smallest absolute Gasteiger partial charge is 0.0645 e. The number of aryl methyl sites for hydroxylation is 1. The normalized spacial score (nSPS) is 16.1. The molecule has 1 nitrogen and oxygen atoms in total. The lowest BCUT2D eigenvalue weighted by Crippen LogP contribution is -1.96. The van der Waals surface area contributed by atoms with E-state index in [9.17, 15) is 0 Å². The molecule has 4 rings (SSSR count). The van der Waals surface area contributed by atoms with Crippen LogP contribution in [0, 0.1) is 6.92 Å². The molecule has 0 amide bonds. The van der Waals surface area contributed by atoms with Crippen molar-refractivity contribution < 1.29 is 9.60 Å². The average Bonchev–Trinajstić information content (AvgIpc) is 3.00. The molecular formula is C19H15N. The molecule has 0 aliphatic rings. The van der Waals surface area contributed by atoms with Crippen molar-refractivity contribution in [3.8, 4) is 5.69 Å². The number of nitrogens with zero attached hydrogens (tertiary/aromatic N) is 1. The molecule has 3 aromatic carbocycles. The van der Waals surface area contributed by atoms with E-state index in [4.69, 9.17) is 9.60 Å². The minimum absolute atomic E-state index is 0.00214. The van der Waals surface area contributed by atoms with E-state index in [-0.39, 0.29) is 52.5 Å². The molecule has 1 aromatic heterocycles. The Labute approximate surface area is 127 Å². The SMILES string of the molecule is [2H]c1cc([2H])c2c(c1[2H])c1c([2H])c([2H])c([2H])c([2H])c1n2-c1ccccc1C. The van der Waals surface area contributed by atoms with Crippen LogP contribution in [-0.4, -0.2) is 4.57 Å². The fourth-order valence-electron chi connectivity index (χ4n) is 2.52. The standard InChI is InChI=1S/C19H15N/c1-14-8-2-5-11-17(14)20-18-12-6-3-9-15(18)16-10-4-7-13-19(16)20/h2-13H,1H3/i3D,4D,6D,9D,10D,12D,13D. The second kappa shape index (κ2) is 4.24. The first kappa shape index (κ1) is 6.27. The van der Waals surface area contributed by atoms with Crippen molar-refractivity contribution in [2.75, 3.05) is 0 Å². The van der Waals surface area contributed by atoms with Gasteiger partial charge in [0.2, 0.25) is 0 Å². The summed E-state index contributed by atoms with van der Waals surface area (Å²) >= 11 is 0. The van der Waals surface area contributed by atoms with Crippen LogP contribution in [0.15, 0.2) is 72.6 Å². The molecule has 1 heterocycles. The van der Waals surface area contributed by atoms with Crippen molar-refractivity contribution in [2.24, 2.45) is 0 Å². The highest BCUT2D eigenvalue weighted by atomic mass is 15.0. The summed E-state index contributed by atoms with van der Waals surface area (Å²) in [5, 5.41) is 0.379. The fourth-order valence-corrected chi connectivity index (χ4v) is 2.52. The van der Waals surface area contributed by atoms with Crippen molar-refractivity contribution in [3.05, 3.63) is 78.2 Å². The molecule has 0 atom stereocenters. The number of hydrogen-bond donors (Lipinski definition) is 0. The summed E-state index contributed by atoms with van der Waals surface area (Å²) in [5.41, 5.74) is 2.07. The van der Waals surface area contributed by atoms with Crippen molar-refractivity contribution >= 4 is 21.8 Å². The molecular weight excluding hydrogens is 242 g/mol. The van der Waals surface area contributed by atoms with Gasteiger partial charge in [0.15, 0.2) is 0 Å². The van der Waals surface area contributed by atoms with Gasteiger partial charge in [0, 0.05) is 16.5 Å². The van der Waals surface area contributed by atoms with E-state index in [0.29, 0.717) is 11.2 Å². The molecule has 0 spiro atoms. The van der Waals surface area contributed by atoms with Gasteiger partial charge in [-0.1, -0.05) is 54.5 Å². The van der Waals surface area contributed by atoms with Crippen LogP contribution in [0.4, 0.5) is 0 Å². The van der Waals surface area contributed by atoms with Crippen LogP contribution in [0.1, 0.15) is 15.2 Å². The molecule has 0 radical (unpaired) electrons. The zero-order valence-electron chi connectivity index (χ0n) is 17.8. The highest BCUT2D eigenvalue weighted by Crippen LogP contribution is 2.32. The summed E-state index contributed by atoms with van der Waals surface area (Å²) in [7, 11) is 0. The van der Waals surface area contributed by atoms with E-state index in [1.165, 1.54) is 6.07 Å². The van der Waals surface area contributed by atoms with Gasteiger partial charge >= 0.3 is 0 Å². The van der Waals surface area contributed by atoms with Crippen LogP contribution in [0.25, 0.3) is 27.5 Å². The lowest BCUT2D eigenvalue weighted by molar-refractivity contribution is 1.15. The highest BCUT2D eigenvalue weighted by molar-refractivity contribution is 6.09. The quantitative estimate of drug-likeness (QED) is 0.451. The Morgan fingerprint density at radius 1 is 0.800 bits per heavy atom. The first-order chi connectivity index (χ1) is 12.8. The Balaban J connectivity index is 2.44. The van der Waals surface area contributed by atoms with Crippen LogP contribution < -0.4 is 0 Å². The number of benzene rings is 3. The van der Waals surface area contributed by atoms with Gasteiger partial charge in [0.1, 0.15) is 0 Å². The van der Waals surface area contributed by atoms with Crippen LogP contribution in [0.5, 0.6) is 0 Å². The number of rotatable bonds is 1. The average molecular weight is 264 g/mol. The Bertz CT molecular complexity index is 1260. The Morgan fingerprint density at radius 2 is 1.50 bits per heavy atom. The third kappa shape index (κ3) is 1.50. The topological polar surface area (TPSA) is 4.93 Å². The van der Waals surface area contributed by atoms with Crippen molar-refractivity contribution in [1.82, 2.24) is 4.57 Å². The molecule has 0 bridgehead atoms. The van der Waals surface area contributed by atoms with E-state index in [1.807, 2.05) is 31.2 Å². The van der Waals surface area contributed by atoms with Crippen molar-refractivity contribution in [3.63, 3.8) is 0 Å². The van der Waals surface area contributed by atoms with Crippen LogP contribution in [0.3, 0.4) is 0 Å². The molecule has 1 heteroatoms. The summed E-state index contributed by atoms with van der Waals surface area (Å²) < 4.78 is 59.2. The van der Waals surface area contributed by atoms with Crippen LogP contribution in [0.2, 0.25) is 0 Å². The summed E-state index contributed by atoms with van der Waals surface area (Å²) in [6.07, 6.45) is 0. The van der Waals surface area contributed by atoms with Gasteiger partial charge < -0.3 is 4.57 Å². The number of para-hydroxylation sites is 3. The Morgan fingerprint density at radius 3 is 2.35 bits per heavy atom. The number of fused-ring (bicyclic) bond motifs is 3.